The van der Waals surface area contributed by atoms with Gasteiger partial charge in [0.15, 0.2) is 4.60 Å². The van der Waals surface area contributed by atoms with E-state index in [1.54, 1.807) is 4.68 Å². The minimum atomic E-state index is -0.0232. The lowest BCUT2D eigenvalue weighted by molar-refractivity contribution is 0.597. The van der Waals surface area contributed by atoms with Crippen LogP contribution in [0.3, 0.4) is 0 Å². The molecule has 2 rings (SSSR count). The highest BCUT2D eigenvalue weighted by molar-refractivity contribution is 9.10. The molecule has 0 saturated heterocycles. The van der Waals surface area contributed by atoms with Crippen LogP contribution >= 0.6 is 43.5 Å². The molecule has 0 bridgehead atoms. The largest absolute Gasteiger partial charge is 0.308 e. The monoisotopic (exact) mass is 392 g/mol. The lowest BCUT2D eigenvalue weighted by Gasteiger charge is -2.17. The Morgan fingerprint density at radius 3 is 2.61 bits per heavy atom. The van der Waals surface area contributed by atoms with Crippen molar-refractivity contribution >= 4 is 43.5 Å². The topological polar surface area (TPSA) is 42.7 Å². The molecule has 2 aromatic rings. The quantitative estimate of drug-likeness (QED) is 0.869. The molecule has 0 fully saturated rings. The van der Waals surface area contributed by atoms with Crippen molar-refractivity contribution in [1.82, 2.24) is 20.3 Å². The van der Waals surface area contributed by atoms with Crippen LogP contribution in [0.2, 0.25) is 5.02 Å². The summed E-state index contributed by atoms with van der Waals surface area (Å²) in [5.74, 6) is 0. The van der Waals surface area contributed by atoms with Crippen LogP contribution in [0.5, 0.6) is 0 Å². The van der Waals surface area contributed by atoms with E-state index in [1.165, 1.54) is 0 Å². The van der Waals surface area contributed by atoms with E-state index in [4.69, 9.17) is 11.6 Å². The number of aryl methyl sites for hydroxylation is 1. The molecule has 4 nitrogen and oxygen atoms in total. The molecule has 1 aromatic heterocycles. The van der Waals surface area contributed by atoms with Gasteiger partial charge in [0.05, 0.1) is 16.8 Å². The van der Waals surface area contributed by atoms with Gasteiger partial charge in [-0.25, -0.2) is 4.68 Å². The van der Waals surface area contributed by atoms with Gasteiger partial charge in [-0.05, 0) is 56.6 Å². The summed E-state index contributed by atoms with van der Waals surface area (Å²) >= 11 is 12.9. The van der Waals surface area contributed by atoms with Gasteiger partial charge in [0.1, 0.15) is 0 Å². The van der Waals surface area contributed by atoms with Crippen molar-refractivity contribution in [3.63, 3.8) is 0 Å². The van der Waals surface area contributed by atoms with Gasteiger partial charge >= 0.3 is 0 Å². The van der Waals surface area contributed by atoms with E-state index in [0.717, 1.165) is 20.3 Å². The summed E-state index contributed by atoms with van der Waals surface area (Å²) in [5.41, 5.74) is 2.01. The molecule has 0 aliphatic rings. The van der Waals surface area contributed by atoms with Crippen LogP contribution in [0, 0.1) is 0 Å². The van der Waals surface area contributed by atoms with Crippen LogP contribution in [0.15, 0.2) is 27.3 Å². The first-order valence-corrected chi connectivity index (χ1v) is 7.18. The van der Waals surface area contributed by atoms with Crippen LogP contribution in [-0.4, -0.2) is 22.0 Å². The average Bonchev–Trinajstić information content (AvgIpc) is 2.66. The van der Waals surface area contributed by atoms with E-state index >= 15 is 0 Å². The third-order valence-corrected chi connectivity index (χ3v) is 4.46. The number of hydrogen-bond donors (Lipinski definition) is 1. The Hall–Kier alpha value is -0.430. The normalized spacial score (nSPS) is 12.7. The second-order valence-electron chi connectivity index (χ2n) is 3.78. The molecule has 96 valence electrons. The van der Waals surface area contributed by atoms with Gasteiger partial charge in [0.25, 0.3) is 0 Å². The third-order valence-electron chi connectivity index (χ3n) is 2.67. The van der Waals surface area contributed by atoms with Crippen molar-refractivity contribution in [2.24, 2.45) is 7.05 Å². The van der Waals surface area contributed by atoms with Crippen LogP contribution < -0.4 is 5.32 Å². The van der Waals surface area contributed by atoms with E-state index in [1.807, 2.05) is 32.3 Å². The van der Waals surface area contributed by atoms with Gasteiger partial charge in [0, 0.05) is 11.5 Å². The Balaban J connectivity index is 2.48. The van der Waals surface area contributed by atoms with Crippen LogP contribution in [0.4, 0.5) is 0 Å². The Morgan fingerprint density at radius 2 is 2.11 bits per heavy atom. The number of rotatable bonds is 3. The molecule has 0 spiro atoms. The predicted molar refractivity (Wildman–Crippen MR) is 78.8 cm³/mol. The van der Waals surface area contributed by atoms with E-state index in [0.29, 0.717) is 5.02 Å². The molecular weight excluding hydrogens is 383 g/mol. The molecule has 0 saturated carbocycles. The molecule has 7 heteroatoms. The zero-order valence-corrected chi connectivity index (χ0v) is 13.7. The van der Waals surface area contributed by atoms with E-state index in [2.05, 4.69) is 47.5 Å². The lowest BCUT2D eigenvalue weighted by Crippen LogP contribution is -2.21. The summed E-state index contributed by atoms with van der Waals surface area (Å²) in [6, 6.07) is 5.84. The van der Waals surface area contributed by atoms with Gasteiger partial charge in [-0.3, -0.25) is 0 Å². The smallest absolute Gasteiger partial charge is 0.153 e. The summed E-state index contributed by atoms with van der Waals surface area (Å²) < 4.78 is 3.34. The van der Waals surface area contributed by atoms with Crippen molar-refractivity contribution in [2.75, 3.05) is 7.05 Å². The minimum Gasteiger partial charge on any atom is -0.308 e. The number of nitrogens with one attached hydrogen (secondary N) is 1. The molecule has 0 aliphatic heterocycles. The average molecular weight is 394 g/mol. The molecule has 1 atom stereocenters. The molecule has 1 unspecified atom stereocenters. The van der Waals surface area contributed by atoms with Gasteiger partial charge in [-0.1, -0.05) is 22.9 Å². The fourth-order valence-corrected chi connectivity index (χ4v) is 2.79. The fourth-order valence-electron chi connectivity index (χ4n) is 1.80. The standard InChI is InChI=1S/C11H11Br2ClN4/c1-15-9(10-11(13)16-17-18(10)2)6-3-4-7(12)8(14)5-6/h3-5,9,15H,1-2H3. The van der Waals surface area contributed by atoms with Crippen molar-refractivity contribution in [3.8, 4) is 0 Å². The Morgan fingerprint density at radius 1 is 1.39 bits per heavy atom. The first-order chi connectivity index (χ1) is 8.54. The number of nitrogens with zero attached hydrogens (tertiary/aromatic N) is 3. The van der Waals surface area contributed by atoms with E-state index in [9.17, 15) is 0 Å². The summed E-state index contributed by atoms with van der Waals surface area (Å²) in [6.07, 6.45) is 0. The highest BCUT2D eigenvalue weighted by Gasteiger charge is 2.20. The number of aromatic nitrogens is 3. The van der Waals surface area contributed by atoms with E-state index in [-0.39, 0.29) is 6.04 Å². The fraction of sp³-hybridized carbons (Fsp3) is 0.273. The molecule has 0 aliphatic carbocycles. The zero-order chi connectivity index (χ0) is 13.3. The van der Waals surface area contributed by atoms with Crippen LogP contribution in [0.1, 0.15) is 17.3 Å². The predicted octanol–water partition coefficient (Wildman–Crippen LogP) is 3.30. The minimum absolute atomic E-state index is 0.0232. The molecule has 1 N–H and O–H groups in total. The molecule has 0 radical (unpaired) electrons. The molecule has 1 heterocycles. The van der Waals surface area contributed by atoms with Crippen molar-refractivity contribution in [1.29, 1.82) is 0 Å². The first-order valence-electron chi connectivity index (χ1n) is 5.22. The Bertz CT molecular complexity index is 551. The summed E-state index contributed by atoms with van der Waals surface area (Å²) in [4.78, 5) is 0. The Labute approximate surface area is 127 Å². The number of hydrogen-bond acceptors (Lipinski definition) is 3. The molecule has 0 amide bonds. The molecule has 18 heavy (non-hydrogen) atoms. The third kappa shape index (κ3) is 2.61. The van der Waals surface area contributed by atoms with Gasteiger partial charge in [0.2, 0.25) is 0 Å². The van der Waals surface area contributed by atoms with Crippen LogP contribution in [-0.2, 0) is 7.05 Å². The molecular formula is C11H11Br2ClN4. The van der Waals surface area contributed by atoms with Crippen LogP contribution in [0.25, 0.3) is 0 Å². The van der Waals surface area contributed by atoms with Gasteiger partial charge in [-0.2, -0.15) is 0 Å². The highest BCUT2D eigenvalue weighted by atomic mass is 79.9. The first kappa shape index (κ1) is 14.0. The van der Waals surface area contributed by atoms with Crippen molar-refractivity contribution in [3.05, 3.63) is 43.6 Å². The maximum atomic E-state index is 6.13. The summed E-state index contributed by atoms with van der Waals surface area (Å²) in [7, 11) is 3.75. The van der Waals surface area contributed by atoms with Crippen molar-refractivity contribution < 1.29 is 0 Å². The lowest BCUT2D eigenvalue weighted by atomic mass is 10.0. The zero-order valence-electron chi connectivity index (χ0n) is 9.78. The highest BCUT2D eigenvalue weighted by Crippen LogP contribution is 2.30. The number of benzene rings is 1. The van der Waals surface area contributed by atoms with Crippen molar-refractivity contribution in [2.45, 2.75) is 6.04 Å². The van der Waals surface area contributed by atoms with E-state index < -0.39 is 0 Å². The SMILES string of the molecule is CNC(c1ccc(Br)c(Cl)c1)c1c(Br)nnn1C. The summed E-state index contributed by atoms with van der Waals surface area (Å²) in [5, 5.41) is 11.9. The maximum absolute atomic E-state index is 6.13. The second-order valence-corrected chi connectivity index (χ2v) is 5.80. The second kappa shape index (κ2) is 5.69. The van der Waals surface area contributed by atoms with Gasteiger partial charge in [-0.15, -0.1) is 5.10 Å². The Kier molecular flexibility index (Phi) is 4.42. The number of halogens is 3. The summed E-state index contributed by atoms with van der Waals surface area (Å²) in [6.45, 7) is 0. The molecule has 1 aromatic carbocycles. The van der Waals surface area contributed by atoms with Gasteiger partial charge < -0.3 is 5.32 Å². The maximum Gasteiger partial charge on any atom is 0.153 e.